The van der Waals surface area contributed by atoms with Crippen LogP contribution in [0.4, 0.5) is 5.13 Å². The van der Waals surface area contributed by atoms with Gasteiger partial charge >= 0.3 is 5.97 Å². The summed E-state index contributed by atoms with van der Waals surface area (Å²) in [4.78, 5) is 25.4. The van der Waals surface area contributed by atoms with Crippen LogP contribution in [0, 0.1) is 0 Å². The summed E-state index contributed by atoms with van der Waals surface area (Å²) in [6.07, 6.45) is 2.24. The minimum absolute atomic E-state index is 0.112. The molecule has 0 radical (unpaired) electrons. The molecule has 0 atom stereocenters. The first kappa shape index (κ1) is 12.6. The van der Waals surface area contributed by atoms with Gasteiger partial charge in [0.05, 0.1) is 6.54 Å². The molecule has 3 N–H and O–H groups in total. The Balaban J connectivity index is 2.05. The first-order valence-electron chi connectivity index (χ1n) is 4.80. The molecule has 0 aliphatic heterocycles. The number of nitrogens with one attached hydrogen (secondary N) is 2. The average Bonchev–Trinajstić information content (AvgIpc) is 2.69. The van der Waals surface area contributed by atoms with Gasteiger partial charge in [-0.15, -0.1) is 11.3 Å². The number of carbonyl (C=O) groups is 2. The van der Waals surface area contributed by atoms with E-state index in [0.717, 1.165) is 0 Å². The Morgan fingerprint density at radius 2 is 2.31 bits per heavy atom. The van der Waals surface area contributed by atoms with E-state index in [9.17, 15) is 9.59 Å². The molecule has 0 unspecified atom stereocenters. The molecule has 0 saturated carbocycles. The van der Waals surface area contributed by atoms with Crippen LogP contribution >= 0.6 is 11.3 Å². The van der Waals surface area contributed by atoms with Crippen LogP contribution in [-0.2, 0) is 9.59 Å². The lowest BCUT2D eigenvalue weighted by atomic mass is 10.3. The van der Waals surface area contributed by atoms with Crippen molar-refractivity contribution in [1.82, 2.24) is 10.3 Å². The number of thiazole rings is 1. The van der Waals surface area contributed by atoms with Gasteiger partial charge in [0.1, 0.15) is 0 Å². The highest BCUT2D eigenvalue weighted by molar-refractivity contribution is 7.13. The van der Waals surface area contributed by atoms with Crippen molar-refractivity contribution < 1.29 is 14.7 Å². The first-order valence-corrected chi connectivity index (χ1v) is 5.68. The molecule has 1 rings (SSSR count). The third-order valence-corrected chi connectivity index (χ3v) is 2.40. The van der Waals surface area contributed by atoms with Crippen LogP contribution < -0.4 is 10.6 Å². The van der Waals surface area contributed by atoms with E-state index >= 15 is 0 Å². The van der Waals surface area contributed by atoms with Crippen molar-refractivity contribution in [2.45, 2.75) is 12.8 Å². The fraction of sp³-hybridized carbons (Fsp3) is 0.444. The van der Waals surface area contributed by atoms with E-state index in [1.165, 1.54) is 11.3 Å². The number of hydrogen-bond acceptors (Lipinski definition) is 5. The highest BCUT2D eigenvalue weighted by Crippen LogP contribution is 2.09. The Labute approximate surface area is 96.7 Å². The standard InChI is InChI=1S/C9H13N3O3S/c13-7(12-9-11-4-5-16-9)6-10-3-1-2-8(14)15/h4-5,10H,1-3,6H2,(H,14,15)(H,11,12,13). The molecule has 0 aliphatic rings. The van der Waals surface area contributed by atoms with Crippen LogP contribution in [0.15, 0.2) is 11.6 Å². The summed E-state index contributed by atoms with van der Waals surface area (Å²) in [6.45, 7) is 0.677. The summed E-state index contributed by atoms with van der Waals surface area (Å²) in [5.41, 5.74) is 0. The van der Waals surface area contributed by atoms with Gasteiger partial charge < -0.3 is 15.7 Å². The monoisotopic (exact) mass is 243 g/mol. The minimum atomic E-state index is -0.825. The van der Waals surface area contributed by atoms with E-state index < -0.39 is 5.97 Å². The molecule has 0 saturated heterocycles. The predicted octanol–water partition coefficient (Wildman–Crippen LogP) is 0.536. The maximum absolute atomic E-state index is 11.3. The summed E-state index contributed by atoms with van der Waals surface area (Å²) in [7, 11) is 0. The van der Waals surface area contributed by atoms with Crippen molar-refractivity contribution in [3.63, 3.8) is 0 Å². The lowest BCUT2D eigenvalue weighted by molar-refractivity contribution is -0.137. The van der Waals surface area contributed by atoms with Gasteiger partial charge in [-0.05, 0) is 13.0 Å². The van der Waals surface area contributed by atoms with Gasteiger partial charge in [0, 0.05) is 18.0 Å². The minimum Gasteiger partial charge on any atom is -0.481 e. The van der Waals surface area contributed by atoms with Gasteiger partial charge in [-0.2, -0.15) is 0 Å². The highest BCUT2D eigenvalue weighted by atomic mass is 32.1. The Morgan fingerprint density at radius 3 is 2.94 bits per heavy atom. The van der Waals surface area contributed by atoms with Crippen LogP contribution in [0.1, 0.15) is 12.8 Å². The first-order chi connectivity index (χ1) is 7.68. The summed E-state index contributed by atoms with van der Waals surface area (Å²) >= 11 is 1.35. The molecule has 88 valence electrons. The van der Waals surface area contributed by atoms with Crippen molar-refractivity contribution in [2.24, 2.45) is 0 Å². The maximum Gasteiger partial charge on any atom is 0.303 e. The lowest BCUT2D eigenvalue weighted by Crippen LogP contribution is -2.28. The van der Waals surface area contributed by atoms with Crippen molar-refractivity contribution >= 4 is 28.3 Å². The molecule has 16 heavy (non-hydrogen) atoms. The number of aliphatic carboxylic acids is 1. The van der Waals surface area contributed by atoms with Gasteiger partial charge in [0.25, 0.3) is 0 Å². The molecule has 0 bridgehead atoms. The Bertz CT molecular complexity index is 340. The van der Waals surface area contributed by atoms with Crippen LogP contribution in [0.2, 0.25) is 0 Å². The molecule has 1 aromatic rings. The van der Waals surface area contributed by atoms with Gasteiger partial charge in [-0.1, -0.05) is 0 Å². The van der Waals surface area contributed by atoms with Crippen LogP contribution in [0.5, 0.6) is 0 Å². The lowest BCUT2D eigenvalue weighted by Gasteiger charge is -2.03. The zero-order valence-corrected chi connectivity index (χ0v) is 9.42. The molecule has 0 fully saturated rings. The Morgan fingerprint density at radius 1 is 1.50 bits per heavy atom. The maximum atomic E-state index is 11.3. The summed E-state index contributed by atoms with van der Waals surface area (Å²) in [5.74, 6) is -1.00. The van der Waals surface area contributed by atoms with Gasteiger partial charge in [0.15, 0.2) is 5.13 Å². The van der Waals surface area contributed by atoms with E-state index in [1.54, 1.807) is 11.6 Å². The van der Waals surface area contributed by atoms with E-state index in [0.29, 0.717) is 18.1 Å². The van der Waals surface area contributed by atoms with Gasteiger partial charge in [0.2, 0.25) is 5.91 Å². The van der Waals surface area contributed by atoms with Gasteiger partial charge in [-0.25, -0.2) is 4.98 Å². The number of carboxylic acid groups (broad SMARTS) is 1. The third kappa shape index (κ3) is 5.42. The molecular formula is C9H13N3O3S. The molecule has 1 heterocycles. The second-order valence-electron chi connectivity index (χ2n) is 3.06. The molecular weight excluding hydrogens is 230 g/mol. The normalized spacial score (nSPS) is 10.0. The van der Waals surface area contributed by atoms with Crippen molar-refractivity contribution in [2.75, 3.05) is 18.4 Å². The number of anilines is 1. The van der Waals surface area contributed by atoms with Crippen LogP contribution in [0.25, 0.3) is 0 Å². The Kier molecular flexibility index (Phi) is 5.44. The van der Waals surface area contributed by atoms with Gasteiger partial charge in [-0.3, -0.25) is 9.59 Å². The zero-order chi connectivity index (χ0) is 11.8. The second-order valence-corrected chi connectivity index (χ2v) is 3.95. The van der Waals surface area contributed by atoms with Crippen molar-refractivity contribution in [1.29, 1.82) is 0 Å². The third-order valence-electron chi connectivity index (χ3n) is 1.71. The number of rotatable bonds is 7. The molecule has 6 nitrogen and oxygen atoms in total. The number of aromatic nitrogens is 1. The summed E-state index contributed by atoms with van der Waals surface area (Å²) in [6, 6.07) is 0. The average molecular weight is 243 g/mol. The number of carboxylic acids is 1. The number of carbonyl (C=O) groups excluding carboxylic acids is 1. The van der Waals surface area contributed by atoms with Crippen LogP contribution in [-0.4, -0.2) is 35.1 Å². The molecule has 7 heteroatoms. The van der Waals surface area contributed by atoms with Crippen molar-refractivity contribution in [3.05, 3.63) is 11.6 Å². The summed E-state index contributed by atoms with van der Waals surface area (Å²) < 4.78 is 0. The van der Waals surface area contributed by atoms with E-state index in [1.807, 2.05) is 0 Å². The molecule has 0 aromatic carbocycles. The Hall–Kier alpha value is -1.47. The van der Waals surface area contributed by atoms with Crippen LogP contribution in [0.3, 0.4) is 0 Å². The molecule has 1 amide bonds. The van der Waals surface area contributed by atoms with E-state index in [2.05, 4.69) is 15.6 Å². The second kappa shape index (κ2) is 6.91. The predicted molar refractivity (Wildman–Crippen MR) is 60.5 cm³/mol. The molecule has 0 aliphatic carbocycles. The fourth-order valence-electron chi connectivity index (χ4n) is 1.02. The quantitative estimate of drug-likeness (QED) is 0.608. The highest BCUT2D eigenvalue weighted by Gasteiger charge is 2.03. The zero-order valence-electron chi connectivity index (χ0n) is 8.60. The van der Waals surface area contributed by atoms with E-state index in [4.69, 9.17) is 5.11 Å². The summed E-state index contributed by atoms with van der Waals surface area (Å²) in [5, 5.41) is 16.2. The molecule has 1 aromatic heterocycles. The smallest absolute Gasteiger partial charge is 0.303 e. The van der Waals surface area contributed by atoms with Crippen molar-refractivity contribution in [3.8, 4) is 0 Å². The SMILES string of the molecule is O=C(O)CCCNCC(=O)Nc1nccs1. The fourth-order valence-corrected chi connectivity index (χ4v) is 1.56. The molecule has 0 spiro atoms. The number of amides is 1. The van der Waals surface area contributed by atoms with E-state index in [-0.39, 0.29) is 18.9 Å². The largest absolute Gasteiger partial charge is 0.481 e. The number of nitrogens with zero attached hydrogens (tertiary/aromatic N) is 1. The topological polar surface area (TPSA) is 91.3 Å². The number of hydrogen-bond donors (Lipinski definition) is 3.